The average molecular weight is 285 g/mol. The van der Waals surface area contributed by atoms with Crippen LogP contribution in [-0.2, 0) is 17.8 Å². The molecule has 2 aromatic heterocycles. The summed E-state index contributed by atoms with van der Waals surface area (Å²) in [5.41, 5.74) is 2.42. The van der Waals surface area contributed by atoms with Crippen LogP contribution in [0.25, 0.3) is 0 Å². The van der Waals surface area contributed by atoms with Crippen molar-refractivity contribution >= 4 is 5.97 Å². The molecule has 0 spiro atoms. The van der Waals surface area contributed by atoms with E-state index < -0.39 is 0 Å². The Hall–Kier alpha value is -2.27. The summed E-state index contributed by atoms with van der Waals surface area (Å²) >= 11 is 0. The number of hydrogen-bond donors (Lipinski definition) is 0. The molecule has 2 rings (SSSR count). The number of aromatic nitrogens is 2. The van der Waals surface area contributed by atoms with Crippen LogP contribution in [0.5, 0.6) is 0 Å². The van der Waals surface area contributed by atoms with Crippen LogP contribution in [0.4, 0.5) is 0 Å². The molecule has 0 aliphatic rings. The molecule has 0 aromatic carbocycles. The minimum atomic E-state index is -0.366. The molecule has 0 unspecified atom stereocenters. The van der Waals surface area contributed by atoms with E-state index in [1.165, 1.54) is 7.11 Å². The Morgan fingerprint density at radius 1 is 1.14 bits per heavy atom. The minimum absolute atomic E-state index is 0.366. The molecule has 0 saturated carbocycles. The van der Waals surface area contributed by atoms with Gasteiger partial charge in [0.25, 0.3) is 0 Å². The van der Waals surface area contributed by atoms with Gasteiger partial charge < -0.3 is 4.74 Å². The molecule has 110 valence electrons. The normalized spacial score (nSPS) is 10.6. The third kappa shape index (κ3) is 4.36. The van der Waals surface area contributed by atoms with Crippen molar-refractivity contribution in [3.8, 4) is 0 Å². The molecule has 0 atom stereocenters. The Bertz CT molecular complexity index is 570. The van der Waals surface area contributed by atoms with Gasteiger partial charge in [0.05, 0.1) is 24.1 Å². The van der Waals surface area contributed by atoms with Crippen LogP contribution in [0.1, 0.15) is 28.7 Å². The molecule has 0 fully saturated rings. The van der Waals surface area contributed by atoms with Gasteiger partial charge in [0.2, 0.25) is 0 Å². The number of esters is 1. The van der Waals surface area contributed by atoms with Gasteiger partial charge in [0, 0.05) is 25.5 Å². The number of pyridine rings is 2. The zero-order valence-corrected chi connectivity index (χ0v) is 12.3. The second kappa shape index (κ2) is 7.50. The molecular weight excluding hydrogens is 266 g/mol. The number of nitrogens with zero attached hydrogens (tertiary/aromatic N) is 3. The third-order valence-electron chi connectivity index (χ3n) is 3.19. The highest BCUT2D eigenvalue weighted by atomic mass is 16.5. The maximum absolute atomic E-state index is 11.4. The largest absolute Gasteiger partial charge is 0.465 e. The van der Waals surface area contributed by atoms with E-state index in [4.69, 9.17) is 0 Å². The first-order valence-corrected chi connectivity index (χ1v) is 6.88. The van der Waals surface area contributed by atoms with Crippen LogP contribution in [0, 0.1) is 0 Å². The van der Waals surface area contributed by atoms with Gasteiger partial charge >= 0.3 is 5.97 Å². The SMILES string of the molecule is CCN(Cc1ccccn1)Cc1ccc(C(=O)OC)cn1. The van der Waals surface area contributed by atoms with Gasteiger partial charge in [-0.2, -0.15) is 0 Å². The number of methoxy groups -OCH3 is 1. The van der Waals surface area contributed by atoms with Gasteiger partial charge in [-0.15, -0.1) is 0 Å². The van der Waals surface area contributed by atoms with Crippen LogP contribution in [0.3, 0.4) is 0 Å². The third-order valence-corrected chi connectivity index (χ3v) is 3.19. The smallest absolute Gasteiger partial charge is 0.339 e. The first-order valence-electron chi connectivity index (χ1n) is 6.88. The van der Waals surface area contributed by atoms with Gasteiger partial charge in [0.1, 0.15) is 0 Å². The van der Waals surface area contributed by atoms with Crippen LogP contribution in [0.2, 0.25) is 0 Å². The van der Waals surface area contributed by atoms with Crippen molar-refractivity contribution in [3.63, 3.8) is 0 Å². The average Bonchev–Trinajstić information content (AvgIpc) is 2.55. The van der Waals surface area contributed by atoms with Crippen LogP contribution >= 0.6 is 0 Å². The highest BCUT2D eigenvalue weighted by Gasteiger charge is 2.09. The van der Waals surface area contributed by atoms with Crippen molar-refractivity contribution in [1.29, 1.82) is 0 Å². The number of hydrogen-bond acceptors (Lipinski definition) is 5. The molecule has 0 N–H and O–H groups in total. The molecule has 21 heavy (non-hydrogen) atoms. The van der Waals surface area contributed by atoms with Crippen molar-refractivity contribution < 1.29 is 9.53 Å². The predicted octanol–water partition coefficient (Wildman–Crippen LogP) is 2.29. The Kier molecular flexibility index (Phi) is 5.40. The number of rotatable bonds is 6. The van der Waals surface area contributed by atoms with Gasteiger partial charge in [-0.05, 0) is 30.8 Å². The lowest BCUT2D eigenvalue weighted by Crippen LogP contribution is -2.23. The van der Waals surface area contributed by atoms with E-state index in [0.29, 0.717) is 12.1 Å². The Morgan fingerprint density at radius 2 is 1.90 bits per heavy atom. The minimum Gasteiger partial charge on any atom is -0.465 e. The van der Waals surface area contributed by atoms with E-state index in [1.807, 2.05) is 24.3 Å². The molecule has 0 saturated heterocycles. The zero-order valence-electron chi connectivity index (χ0n) is 12.3. The van der Waals surface area contributed by atoms with Crippen LogP contribution in [-0.4, -0.2) is 34.5 Å². The Morgan fingerprint density at radius 3 is 2.43 bits per heavy atom. The Balaban J connectivity index is 2.00. The van der Waals surface area contributed by atoms with E-state index >= 15 is 0 Å². The lowest BCUT2D eigenvalue weighted by molar-refractivity contribution is 0.0600. The molecule has 2 aromatic rings. The molecular formula is C16H19N3O2. The fraction of sp³-hybridized carbons (Fsp3) is 0.312. The summed E-state index contributed by atoms with van der Waals surface area (Å²) in [5, 5.41) is 0. The van der Waals surface area contributed by atoms with Gasteiger partial charge in [-0.3, -0.25) is 14.9 Å². The fourth-order valence-electron chi connectivity index (χ4n) is 1.99. The molecule has 5 heteroatoms. The molecule has 0 radical (unpaired) electrons. The summed E-state index contributed by atoms with van der Waals surface area (Å²) in [4.78, 5) is 22.2. The molecule has 0 aliphatic carbocycles. The summed E-state index contributed by atoms with van der Waals surface area (Å²) in [6.45, 7) is 4.50. The van der Waals surface area contributed by atoms with Crippen LogP contribution < -0.4 is 0 Å². The topological polar surface area (TPSA) is 55.3 Å². The molecule has 0 amide bonds. The molecule has 2 heterocycles. The molecule has 5 nitrogen and oxygen atoms in total. The highest BCUT2D eigenvalue weighted by molar-refractivity contribution is 5.88. The summed E-state index contributed by atoms with van der Waals surface area (Å²) in [6.07, 6.45) is 3.35. The summed E-state index contributed by atoms with van der Waals surface area (Å²) < 4.78 is 4.66. The van der Waals surface area contributed by atoms with E-state index in [1.54, 1.807) is 18.5 Å². The maximum Gasteiger partial charge on any atom is 0.339 e. The first-order chi connectivity index (χ1) is 10.2. The molecule has 0 bridgehead atoms. The van der Waals surface area contributed by atoms with E-state index in [9.17, 15) is 4.79 Å². The lowest BCUT2D eigenvalue weighted by atomic mass is 10.2. The van der Waals surface area contributed by atoms with Crippen molar-refractivity contribution in [3.05, 3.63) is 59.7 Å². The van der Waals surface area contributed by atoms with E-state index in [0.717, 1.165) is 24.5 Å². The number of ether oxygens (including phenoxy) is 1. The van der Waals surface area contributed by atoms with Crippen LogP contribution in [0.15, 0.2) is 42.7 Å². The van der Waals surface area contributed by atoms with Crippen molar-refractivity contribution in [2.75, 3.05) is 13.7 Å². The molecule has 0 aliphatic heterocycles. The summed E-state index contributed by atoms with van der Waals surface area (Å²) in [6, 6.07) is 9.50. The van der Waals surface area contributed by atoms with Gasteiger partial charge in [-0.25, -0.2) is 4.79 Å². The van der Waals surface area contributed by atoms with Crippen molar-refractivity contribution in [2.45, 2.75) is 20.0 Å². The second-order valence-electron chi connectivity index (χ2n) is 4.65. The number of carbonyl (C=O) groups is 1. The fourth-order valence-corrected chi connectivity index (χ4v) is 1.99. The van der Waals surface area contributed by atoms with E-state index in [-0.39, 0.29) is 5.97 Å². The monoisotopic (exact) mass is 285 g/mol. The summed E-state index contributed by atoms with van der Waals surface area (Å²) in [7, 11) is 1.36. The van der Waals surface area contributed by atoms with E-state index in [2.05, 4.69) is 26.5 Å². The van der Waals surface area contributed by atoms with Crippen molar-refractivity contribution in [2.24, 2.45) is 0 Å². The predicted molar refractivity (Wildman–Crippen MR) is 79.6 cm³/mol. The maximum atomic E-state index is 11.4. The van der Waals surface area contributed by atoms with Gasteiger partial charge in [-0.1, -0.05) is 13.0 Å². The summed E-state index contributed by atoms with van der Waals surface area (Å²) in [5.74, 6) is -0.366. The second-order valence-corrected chi connectivity index (χ2v) is 4.65. The quantitative estimate of drug-likeness (QED) is 0.762. The Labute approximate surface area is 124 Å². The van der Waals surface area contributed by atoms with Gasteiger partial charge in [0.15, 0.2) is 0 Å². The highest BCUT2D eigenvalue weighted by Crippen LogP contribution is 2.08. The number of carbonyl (C=O) groups excluding carboxylic acids is 1. The zero-order chi connectivity index (χ0) is 15.1. The first kappa shape index (κ1) is 15.1. The van der Waals surface area contributed by atoms with Crippen molar-refractivity contribution in [1.82, 2.24) is 14.9 Å². The lowest BCUT2D eigenvalue weighted by Gasteiger charge is -2.19. The standard InChI is InChI=1S/C16H19N3O2/c1-3-19(11-14-6-4-5-9-17-14)12-15-8-7-13(10-18-15)16(20)21-2/h4-10H,3,11-12H2,1-2H3.